The molecule has 0 radical (unpaired) electrons. The van der Waals surface area contributed by atoms with Gasteiger partial charge >= 0.3 is 5.97 Å². The van der Waals surface area contributed by atoms with Gasteiger partial charge in [-0.25, -0.2) is 0 Å². The molecule has 7 heteroatoms. The first-order valence-corrected chi connectivity index (χ1v) is 12.4. The minimum absolute atomic E-state index is 0.157. The molecule has 0 aromatic carbocycles. The van der Waals surface area contributed by atoms with Crippen molar-refractivity contribution in [2.75, 3.05) is 7.11 Å². The van der Waals surface area contributed by atoms with Crippen LogP contribution in [0.1, 0.15) is 81.1 Å². The highest BCUT2D eigenvalue weighted by Crippen LogP contribution is 2.62. The molecule has 33 heavy (non-hydrogen) atoms. The fourth-order valence-electron chi connectivity index (χ4n) is 6.75. The molecule has 190 valence electrons. The topological polar surface area (TPSA) is 110 Å². The number of ether oxygens (including phenoxy) is 2. The third-order valence-corrected chi connectivity index (χ3v) is 8.90. The average Bonchev–Trinajstić information content (AvgIpc) is 2.77. The lowest BCUT2D eigenvalue weighted by atomic mass is 9.45. The number of ketones is 2. The maximum Gasteiger partial charge on any atom is 0.316 e. The smallest absolute Gasteiger partial charge is 0.316 e. The van der Waals surface area contributed by atoms with Crippen LogP contribution in [-0.2, 0) is 23.9 Å². The van der Waals surface area contributed by atoms with Gasteiger partial charge in [0.05, 0.1) is 11.7 Å². The molecule has 0 amide bonds. The minimum Gasteiger partial charge on any atom is -0.459 e. The van der Waals surface area contributed by atoms with Gasteiger partial charge in [-0.05, 0) is 38.5 Å². The molecule has 1 aliphatic carbocycles. The molecule has 2 fully saturated rings. The van der Waals surface area contributed by atoms with E-state index in [4.69, 9.17) is 9.47 Å². The molecule has 2 aliphatic rings. The largest absolute Gasteiger partial charge is 0.459 e. The van der Waals surface area contributed by atoms with Crippen molar-refractivity contribution in [1.29, 1.82) is 0 Å². The Balaban J connectivity index is 2.58. The van der Waals surface area contributed by atoms with E-state index in [2.05, 4.69) is 13.8 Å². The monoisotopic (exact) mass is 468 g/mol. The molecule has 0 unspecified atom stereocenters. The van der Waals surface area contributed by atoms with Gasteiger partial charge in [-0.15, -0.1) is 0 Å². The average molecular weight is 469 g/mol. The number of cyclic esters (lactones) is 1. The molecular formula is C26H44O7. The zero-order valence-corrected chi connectivity index (χ0v) is 21.8. The Morgan fingerprint density at radius 1 is 1.03 bits per heavy atom. The maximum absolute atomic E-state index is 13.5. The van der Waals surface area contributed by atoms with Gasteiger partial charge in [-0.2, -0.15) is 0 Å². The Labute approximate surface area is 198 Å². The fourth-order valence-corrected chi connectivity index (χ4v) is 6.75. The zero-order chi connectivity index (χ0) is 25.5. The number of rotatable bonds is 3. The Morgan fingerprint density at radius 2 is 1.61 bits per heavy atom. The molecular weight excluding hydrogens is 424 g/mol. The third kappa shape index (κ3) is 4.65. The summed E-state index contributed by atoms with van der Waals surface area (Å²) in [5, 5.41) is 22.1. The van der Waals surface area contributed by atoms with Crippen LogP contribution in [0.4, 0.5) is 0 Å². The van der Waals surface area contributed by atoms with Crippen LogP contribution >= 0.6 is 0 Å². The number of hydrogen-bond acceptors (Lipinski definition) is 7. The van der Waals surface area contributed by atoms with Crippen LogP contribution < -0.4 is 0 Å². The Kier molecular flexibility index (Phi) is 8.25. The molecule has 7 nitrogen and oxygen atoms in total. The highest BCUT2D eigenvalue weighted by molar-refractivity contribution is 6.00. The molecule has 2 N–H and O–H groups in total. The molecule has 1 saturated heterocycles. The van der Waals surface area contributed by atoms with Crippen LogP contribution in [0.5, 0.6) is 0 Å². The molecule has 2 rings (SSSR count). The molecule has 0 spiro atoms. The van der Waals surface area contributed by atoms with E-state index in [1.807, 2.05) is 13.8 Å². The minimum atomic E-state index is -1.85. The van der Waals surface area contributed by atoms with Crippen LogP contribution in [0.25, 0.3) is 0 Å². The van der Waals surface area contributed by atoms with Crippen molar-refractivity contribution in [2.24, 2.45) is 35.0 Å². The van der Waals surface area contributed by atoms with Crippen molar-refractivity contribution in [3.63, 3.8) is 0 Å². The van der Waals surface area contributed by atoms with E-state index < -0.39 is 53.1 Å². The van der Waals surface area contributed by atoms with Gasteiger partial charge in [0.1, 0.15) is 29.2 Å². The molecule has 10 atom stereocenters. The normalized spacial score (nSPS) is 47.8. The number of esters is 1. The molecule has 1 aliphatic heterocycles. The summed E-state index contributed by atoms with van der Waals surface area (Å²) in [6.45, 7) is 14.1. The summed E-state index contributed by atoms with van der Waals surface area (Å²) in [6, 6.07) is 0. The van der Waals surface area contributed by atoms with Gasteiger partial charge in [0, 0.05) is 30.8 Å². The standard InChI is InChI=1S/C26H44O7/c1-10-18-25(8,31)22(29)16(5)19(27)14(3)12-26(32-9)13-24(7,11-2)21(26)15(4)20(28)17(6)23(30)33-18/h14-18,21-22,29,31H,10-13H2,1-9H3/t14-,15+,16+,17-,18-,21+,22-,24-,25-,26+/m1/s1. The first-order valence-electron chi connectivity index (χ1n) is 12.4. The van der Waals surface area contributed by atoms with E-state index in [0.29, 0.717) is 12.8 Å². The van der Waals surface area contributed by atoms with E-state index in [9.17, 15) is 24.6 Å². The summed E-state index contributed by atoms with van der Waals surface area (Å²) in [5.74, 6) is -4.11. The van der Waals surface area contributed by atoms with E-state index >= 15 is 0 Å². The van der Waals surface area contributed by atoms with Crippen molar-refractivity contribution in [1.82, 2.24) is 0 Å². The molecule has 0 bridgehead atoms. The summed E-state index contributed by atoms with van der Waals surface area (Å²) in [6.07, 6.45) is -0.298. The quantitative estimate of drug-likeness (QED) is 0.483. The van der Waals surface area contributed by atoms with Gasteiger partial charge in [0.15, 0.2) is 0 Å². The first-order chi connectivity index (χ1) is 15.1. The van der Waals surface area contributed by atoms with Crippen LogP contribution in [0.3, 0.4) is 0 Å². The lowest BCUT2D eigenvalue weighted by Gasteiger charge is -2.63. The van der Waals surface area contributed by atoms with E-state index in [1.165, 1.54) is 13.8 Å². The number of carbonyl (C=O) groups is 3. The van der Waals surface area contributed by atoms with Crippen molar-refractivity contribution in [3.8, 4) is 0 Å². The first kappa shape index (κ1) is 27.9. The predicted molar refractivity (Wildman–Crippen MR) is 124 cm³/mol. The second-order valence-electron chi connectivity index (χ2n) is 11.1. The summed E-state index contributed by atoms with van der Waals surface area (Å²) in [5.41, 5.74) is -2.69. The molecule has 0 aromatic rings. The van der Waals surface area contributed by atoms with Crippen molar-refractivity contribution >= 4 is 17.5 Å². The van der Waals surface area contributed by atoms with Crippen LogP contribution in [0.2, 0.25) is 0 Å². The number of aliphatic hydroxyl groups excluding tert-OH is 1. The fraction of sp³-hybridized carbons (Fsp3) is 0.885. The van der Waals surface area contributed by atoms with E-state index in [1.54, 1.807) is 21.0 Å². The highest BCUT2D eigenvalue weighted by Gasteiger charge is 2.64. The van der Waals surface area contributed by atoms with Gasteiger partial charge in [0.2, 0.25) is 0 Å². The predicted octanol–water partition coefficient (Wildman–Crippen LogP) is 3.33. The van der Waals surface area contributed by atoms with Gasteiger partial charge in [-0.3, -0.25) is 14.4 Å². The Bertz CT molecular complexity index is 762. The highest BCUT2D eigenvalue weighted by atomic mass is 16.6. The summed E-state index contributed by atoms with van der Waals surface area (Å²) in [7, 11) is 1.62. The number of methoxy groups -OCH3 is 1. The van der Waals surface area contributed by atoms with Gasteiger partial charge < -0.3 is 19.7 Å². The lowest BCUT2D eigenvalue weighted by Crippen LogP contribution is -2.65. The summed E-state index contributed by atoms with van der Waals surface area (Å²) < 4.78 is 11.6. The van der Waals surface area contributed by atoms with E-state index in [0.717, 1.165) is 6.42 Å². The van der Waals surface area contributed by atoms with Crippen molar-refractivity contribution in [2.45, 2.75) is 104 Å². The second-order valence-corrected chi connectivity index (χ2v) is 11.1. The number of aliphatic hydroxyl groups is 2. The SMILES string of the molecule is CC[C@H]1OC(=O)[C@H](C)C(=O)[C@H](C)[C@H]2[C@](C)(CC)C[C@@]2(OC)C[C@@H](C)C(=O)[C@H](C)[C@@H](O)[C@]1(C)O. The molecule has 0 aromatic heterocycles. The molecule has 1 heterocycles. The van der Waals surface area contributed by atoms with Crippen molar-refractivity contribution < 1.29 is 34.1 Å². The van der Waals surface area contributed by atoms with Crippen molar-refractivity contribution in [3.05, 3.63) is 0 Å². The maximum atomic E-state index is 13.5. The number of fused-ring (bicyclic) bond motifs is 1. The Morgan fingerprint density at radius 3 is 2.09 bits per heavy atom. The van der Waals surface area contributed by atoms with Gasteiger partial charge in [-0.1, -0.05) is 48.0 Å². The summed E-state index contributed by atoms with van der Waals surface area (Å²) in [4.78, 5) is 39.7. The number of Topliss-reactive ketones (excluding diaryl/α,β-unsaturated/α-hetero) is 2. The van der Waals surface area contributed by atoms with E-state index in [-0.39, 0.29) is 29.3 Å². The summed E-state index contributed by atoms with van der Waals surface area (Å²) >= 11 is 0. The van der Waals surface area contributed by atoms with Crippen LogP contribution in [0.15, 0.2) is 0 Å². The molecule has 1 saturated carbocycles. The zero-order valence-electron chi connectivity index (χ0n) is 21.8. The Hall–Kier alpha value is -1.31. The lowest BCUT2D eigenvalue weighted by molar-refractivity contribution is -0.233. The third-order valence-electron chi connectivity index (χ3n) is 8.90. The van der Waals surface area contributed by atoms with Crippen LogP contribution in [-0.4, -0.2) is 58.3 Å². The van der Waals surface area contributed by atoms with Crippen LogP contribution in [0, 0.1) is 35.0 Å². The number of carbonyl (C=O) groups excluding carboxylic acids is 3. The van der Waals surface area contributed by atoms with Gasteiger partial charge in [0.25, 0.3) is 0 Å². The second kappa shape index (κ2) is 9.74. The number of hydrogen-bond donors (Lipinski definition) is 2.